The molecular weight excluding hydrogens is 268 g/mol. The second kappa shape index (κ2) is 5.07. The maximum Gasteiger partial charge on any atom is 0.118 e. The molecule has 0 amide bonds. The number of benzene rings is 1. The van der Waals surface area contributed by atoms with Crippen LogP contribution in [0.1, 0.15) is 11.3 Å². The molecule has 0 N–H and O–H groups in total. The van der Waals surface area contributed by atoms with Crippen molar-refractivity contribution in [1.29, 1.82) is 0 Å². The highest BCUT2D eigenvalue weighted by Gasteiger charge is 1.99. The van der Waals surface area contributed by atoms with E-state index in [1.54, 1.807) is 13.4 Å². The molecule has 82 valence electrons. The molecule has 1 aromatic heterocycles. The van der Waals surface area contributed by atoms with Crippen LogP contribution in [0.2, 0.25) is 0 Å². The Labute approximate surface area is 103 Å². The number of hydrogen-bond acceptors (Lipinski definition) is 3. The molecular formula is C12H11BrN2O. The summed E-state index contributed by atoms with van der Waals surface area (Å²) in [6, 6.07) is 9.89. The summed E-state index contributed by atoms with van der Waals surface area (Å²) in [5.74, 6) is 0.868. The van der Waals surface area contributed by atoms with Gasteiger partial charge in [0.1, 0.15) is 16.7 Å². The molecule has 0 saturated heterocycles. The van der Waals surface area contributed by atoms with Crippen molar-refractivity contribution in [3.05, 3.63) is 52.5 Å². The molecule has 0 fully saturated rings. The molecule has 0 bridgehead atoms. The number of hydrogen-bond donors (Lipinski definition) is 0. The Morgan fingerprint density at radius 2 is 1.94 bits per heavy atom. The predicted molar refractivity (Wildman–Crippen MR) is 65.5 cm³/mol. The van der Waals surface area contributed by atoms with Crippen molar-refractivity contribution in [2.24, 2.45) is 0 Å². The van der Waals surface area contributed by atoms with Gasteiger partial charge in [0.15, 0.2) is 0 Å². The van der Waals surface area contributed by atoms with Crippen LogP contribution in [-0.4, -0.2) is 17.1 Å². The molecule has 2 rings (SSSR count). The van der Waals surface area contributed by atoms with Crippen molar-refractivity contribution in [2.75, 3.05) is 7.11 Å². The van der Waals surface area contributed by atoms with Gasteiger partial charge < -0.3 is 4.74 Å². The zero-order valence-electron chi connectivity index (χ0n) is 8.85. The molecule has 0 aliphatic rings. The second-order valence-corrected chi connectivity index (χ2v) is 4.17. The van der Waals surface area contributed by atoms with Crippen LogP contribution in [0.25, 0.3) is 0 Å². The van der Waals surface area contributed by atoms with E-state index >= 15 is 0 Å². The zero-order chi connectivity index (χ0) is 11.4. The number of rotatable bonds is 3. The third kappa shape index (κ3) is 2.79. The number of halogens is 1. The van der Waals surface area contributed by atoms with Gasteiger partial charge in [0.25, 0.3) is 0 Å². The van der Waals surface area contributed by atoms with E-state index in [-0.39, 0.29) is 0 Å². The fourth-order valence-electron chi connectivity index (χ4n) is 1.42. The third-order valence-electron chi connectivity index (χ3n) is 2.23. The lowest BCUT2D eigenvalue weighted by Crippen LogP contribution is -1.93. The van der Waals surface area contributed by atoms with Gasteiger partial charge in [-0.05, 0) is 39.7 Å². The van der Waals surface area contributed by atoms with Crippen LogP contribution in [0.5, 0.6) is 5.75 Å². The van der Waals surface area contributed by atoms with Crippen molar-refractivity contribution in [3.63, 3.8) is 0 Å². The summed E-state index contributed by atoms with van der Waals surface area (Å²) in [5, 5.41) is 0. The van der Waals surface area contributed by atoms with E-state index < -0.39 is 0 Å². The monoisotopic (exact) mass is 278 g/mol. The summed E-state index contributed by atoms with van der Waals surface area (Å²) in [7, 11) is 1.66. The van der Waals surface area contributed by atoms with Gasteiger partial charge >= 0.3 is 0 Å². The molecule has 16 heavy (non-hydrogen) atoms. The molecule has 4 heteroatoms. The Bertz CT molecular complexity index is 471. The van der Waals surface area contributed by atoms with Crippen molar-refractivity contribution < 1.29 is 4.74 Å². The topological polar surface area (TPSA) is 35.0 Å². The highest BCUT2D eigenvalue weighted by Crippen LogP contribution is 2.15. The fourth-order valence-corrected chi connectivity index (χ4v) is 1.78. The van der Waals surface area contributed by atoms with E-state index in [2.05, 4.69) is 25.9 Å². The minimum absolute atomic E-state index is 0.797. The van der Waals surface area contributed by atoms with Crippen LogP contribution in [0.3, 0.4) is 0 Å². The number of nitrogens with zero attached hydrogens (tertiary/aromatic N) is 2. The highest BCUT2D eigenvalue weighted by atomic mass is 79.9. The van der Waals surface area contributed by atoms with Crippen LogP contribution in [0.15, 0.2) is 41.3 Å². The molecule has 0 radical (unpaired) electrons. The fraction of sp³-hybridized carbons (Fsp3) is 0.167. The Kier molecular flexibility index (Phi) is 3.51. The number of aromatic nitrogens is 2. The summed E-state index contributed by atoms with van der Waals surface area (Å²) in [5.41, 5.74) is 2.19. The van der Waals surface area contributed by atoms with Gasteiger partial charge in [0.2, 0.25) is 0 Å². The lowest BCUT2D eigenvalue weighted by atomic mass is 10.1. The van der Waals surface area contributed by atoms with Crippen molar-refractivity contribution >= 4 is 15.9 Å². The van der Waals surface area contributed by atoms with E-state index in [0.717, 1.165) is 22.5 Å². The molecule has 0 aliphatic carbocycles. The first-order valence-electron chi connectivity index (χ1n) is 4.87. The van der Waals surface area contributed by atoms with Crippen LogP contribution in [0.4, 0.5) is 0 Å². The van der Waals surface area contributed by atoms with E-state index in [0.29, 0.717) is 0 Å². The Morgan fingerprint density at radius 1 is 1.19 bits per heavy atom. The van der Waals surface area contributed by atoms with Crippen LogP contribution < -0.4 is 4.74 Å². The third-order valence-corrected chi connectivity index (χ3v) is 2.67. The highest BCUT2D eigenvalue weighted by molar-refractivity contribution is 9.10. The van der Waals surface area contributed by atoms with Gasteiger partial charge in [-0.3, -0.25) is 0 Å². The van der Waals surface area contributed by atoms with Crippen LogP contribution >= 0.6 is 15.9 Å². The first kappa shape index (κ1) is 11.1. The smallest absolute Gasteiger partial charge is 0.118 e. The molecule has 1 heterocycles. The van der Waals surface area contributed by atoms with Crippen molar-refractivity contribution in [1.82, 2.24) is 9.97 Å². The quantitative estimate of drug-likeness (QED) is 0.810. The molecule has 0 saturated carbocycles. The lowest BCUT2D eigenvalue weighted by Gasteiger charge is -2.03. The van der Waals surface area contributed by atoms with Crippen molar-refractivity contribution in [3.8, 4) is 5.75 Å². The van der Waals surface area contributed by atoms with Gasteiger partial charge in [0.05, 0.1) is 7.11 Å². The Morgan fingerprint density at radius 3 is 2.56 bits per heavy atom. The molecule has 0 spiro atoms. The molecule has 3 nitrogen and oxygen atoms in total. The second-order valence-electron chi connectivity index (χ2n) is 3.36. The minimum atomic E-state index is 0.797. The zero-order valence-corrected chi connectivity index (χ0v) is 10.4. The molecule has 0 atom stereocenters. The lowest BCUT2D eigenvalue weighted by molar-refractivity contribution is 0.414. The molecule has 0 aliphatic heterocycles. The van der Waals surface area contributed by atoms with Crippen LogP contribution in [0, 0.1) is 0 Å². The van der Waals surface area contributed by atoms with E-state index in [4.69, 9.17) is 4.74 Å². The molecule has 0 unspecified atom stereocenters. The standard InChI is InChI=1S/C12H11BrN2O/c1-16-11-4-2-9(3-5-11)6-10-7-12(13)15-8-14-10/h2-5,7-8H,6H2,1H3. The summed E-state index contributed by atoms with van der Waals surface area (Å²) >= 11 is 3.33. The molecule has 2 aromatic rings. The number of ether oxygens (including phenoxy) is 1. The maximum atomic E-state index is 5.11. The van der Waals surface area contributed by atoms with E-state index in [9.17, 15) is 0 Å². The average molecular weight is 279 g/mol. The van der Waals surface area contributed by atoms with Crippen molar-refractivity contribution in [2.45, 2.75) is 6.42 Å². The summed E-state index contributed by atoms with van der Waals surface area (Å²) in [6.07, 6.45) is 2.36. The van der Waals surface area contributed by atoms with Gasteiger partial charge in [-0.2, -0.15) is 0 Å². The summed E-state index contributed by atoms with van der Waals surface area (Å²) < 4.78 is 5.92. The summed E-state index contributed by atoms with van der Waals surface area (Å²) in [4.78, 5) is 8.20. The van der Waals surface area contributed by atoms with Gasteiger partial charge in [-0.25, -0.2) is 9.97 Å². The van der Waals surface area contributed by atoms with Gasteiger partial charge in [0, 0.05) is 12.1 Å². The average Bonchev–Trinajstić information content (AvgIpc) is 2.30. The largest absolute Gasteiger partial charge is 0.497 e. The summed E-state index contributed by atoms with van der Waals surface area (Å²) in [6.45, 7) is 0. The van der Waals surface area contributed by atoms with Gasteiger partial charge in [-0.15, -0.1) is 0 Å². The van der Waals surface area contributed by atoms with E-state index in [1.165, 1.54) is 5.56 Å². The number of methoxy groups -OCH3 is 1. The Hall–Kier alpha value is -1.42. The van der Waals surface area contributed by atoms with E-state index in [1.807, 2.05) is 30.3 Å². The normalized spacial score (nSPS) is 10.1. The Balaban J connectivity index is 2.14. The van der Waals surface area contributed by atoms with Gasteiger partial charge in [-0.1, -0.05) is 12.1 Å². The molecule has 1 aromatic carbocycles. The first-order valence-corrected chi connectivity index (χ1v) is 5.66. The minimum Gasteiger partial charge on any atom is -0.497 e. The van der Waals surface area contributed by atoms with Crippen LogP contribution in [-0.2, 0) is 6.42 Å². The first-order chi connectivity index (χ1) is 7.78. The maximum absolute atomic E-state index is 5.11. The SMILES string of the molecule is COc1ccc(Cc2cc(Br)ncn2)cc1. The predicted octanol–water partition coefficient (Wildman–Crippen LogP) is 2.84.